The summed E-state index contributed by atoms with van der Waals surface area (Å²) in [6, 6.07) is 0. The van der Waals surface area contributed by atoms with E-state index in [1.165, 1.54) is 0 Å². The molecule has 0 aliphatic heterocycles. The van der Waals surface area contributed by atoms with Gasteiger partial charge in [-0.1, -0.05) is 0 Å². The summed E-state index contributed by atoms with van der Waals surface area (Å²) < 4.78 is 194. The fourth-order valence-electron chi connectivity index (χ4n) is 1.90. The van der Waals surface area contributed by atoms with Crippen LogP contribution in [0.1, 0.15) is 25.7 Å². The molecule has 0 amide bonds. The molecule has 0 saturated carbocycles. The highest BCUT2D eigenvalue weighted by molar-refractivity contribution is 7.81. The fourth-order valence-corrected chi connectivity index (χ4v) is 3.09. The number of rotatable bonds is 10. The Bertz CT molecular complexity index is 548. The van der Waals surface area contributed by atoms with Gasteiger partial charge in [0.25, 0.3) is 11.3 Å². The van der Waals surface area contributed by atoms with E-state index in [2.05, 4.69) is 9.05 Å². The first-order chi connectivity index (χ1) is 13.4. The Balaban J connectivity index is 4.71. The van der Waals surface area contributed by atoms with Gasteiger partial charge in [-0.15, -0.1) is 0 Å². The average molecular weight is 537 g/mol. The molecule has 0 aromatic heterocycles. The van der Waals surface area contributed by atoms with Crippen LogP contribution < -0.4 is 0 Å². The van der Waals surface area contributed by atoms with E-state index in [0.29, 0.717) is 0 Å². The molecule has 0 radical (unpaired) electrons. The van der Waals surface area contributed by atoms with Crippen molar-refractivity contribution in [3.8, 4) is 0 Å². The molecule has 0 rings (SSSR count). The molecule has 0 heterocycles. The van der Waals surface area contributed by atoms with E-state index in [0.717, 1.165) is 0 Å². The second-order valence-corrected chi connectivity index (χ2v) is 8.52. The first kappa shape index (κ1) is 30.5. The van der Waals surface area contributed by atoms with Crippen molar-refractivity contribution in [2.24, 2.45) is 0 Å². The van der Waals surface area contributed by atoms with Gasteiger partial charge in [-0.2, -0.15) is 52.7 Å². The molecule has 0 spiro atoms. The summed E-state index contributed by atoms with van der Waals surface area (Å²) in [5.74, 6) is 0. The van der Waals surface area contributed by atoms with Gasteiger partial charge in [-0.25, -0.2) is 13.3 Å². The van der Waals surface area contributed by atoms with Gasteiger partial charge in [0.15, 0.2) is 0 Å². The van der Waals surface area contributed by atoms with Gasteiger partial charge in [-0.05, 0) is 12.8 Å². The van der Waals surface area contributed by atoms with E-state index in [1.807, 2.05) is 0 Å². The van der Waals surface area contributed by atoms with Gasteiger partial charge in [0.1, 0.15) is 0 Å². The highest BCUT2D eigenvalue weighted by atomic mass is 35.7. The Hall–Kier alpha value is -0.540. The van der Waals surface area contributed by atoms with Crippen LogP contribution in [0.2, 0.25) is 0 Å². The van der Waals surface area contributed by atoms with Crippen LogP contribution in [0.15, 0.2) is 0 Å². The number of alkyl halides is 14. The zero-order chi connectivity index (χ0) is 25.2. The lowest BCUT2D eigenvalue weighted by Crippen LogP contribution is -2.53. The molecule has 0 aliphatic rings. The minimum absolute atomic E-state index is 1.32. The quantitative estimate of drug-likeness (QED) is 0.164. The first-order valence-electron chi connectivity index (χ1n) is 7.65. The molecule has 0 atom stereocenters. The number of hydrogen-bond donors (Lipinski definition) is 0. The molecule has 0 N–H and O–H groups in total. The minimum Gasteiger partial charge on any atom is -0.297 e. The first-order valence-corrected chi connectivity index (χ1v) is 10.1. The molecule has 0 saturated heterocycles. The van der Waals surface area contributed by atoms with Crippen LogP contribution in [-0.2, 0) is 13.6 Å². The zero-order valence-electron chi connectivity index (χ0n) is 14.6. The summed E-state index contributed by atoms with van der Waals surface area (Å²) in [6.45, 7) is -7.56. The van der Waals surface area contributed by atoms with Crippen molar-refractivity contribution >= 4 is 18.2 Å². The third-order valence-electron chi connectivity index (χ3n) is 3.62. The zero-order valence-corrected chi connectivity index (χ0v) is 16.2. The lowest BCUT2D eigenvalue weighted by Gasteiger charge is -2.30. The summed E-state index contributed by atoms with van der Waals surface area (Å²) in [4.78, 5) is 0. The summed E-state index contributed by atoms with van der Waals surface area (Å²) in [6.07, 6.45) is -32.7. The third kappa shape index (κ3) is 7.77. The largest absolute Gasteiger partial charge is 0.431 e. The fraction of sp³-hybridized carbons (Fsp3) is 1.00. The molecule has 0 aliphatic carbocycles. The maximum atomic E-state index is 13.3. The smallest absolute Gasteiger partial charge is 0.297 e. The third-order valence-corrected chi connectivity index (χ3v) is 5.19. The number of halogens is 15. The van der Waals surface area contributed by atoms with E-state index < -0.39 is 81.9 Å². The second-order valence-electron chi connectivity index (χ2n) is 5.90. The molecule has 188 valence electrons. The monoisotopic (exact) mass is 536 g/mol. The highest BCUT2D eigenvalue weighted by Crippen LogP contribution is 2.55. The van der Waals surface area contributed by atoms with Crippen molar-refractivity contribution in [1.82, 2.24) is 0 Å². The van der Waals surface area contributed by atoms with Crippen LogP contribution in [-0.4, -0.2) is 49.3 Å². The normalized spacial score (nSPS) is 15.5. The van der Waals surface area contributed by atoms with E-state index in [-0.39, 0.29) is 0 Å². The molecule has 0 aromatic rings. The van der Waals surface area contributed by atoms with Crippen molar-refractivity contribution in [3.63, 3.8) is 0 Å². The molecule has 0 aromatic carbocycles. The molecule has 0 fully saturated rings. The SMILES string of the molecule is O=P(Cl)(OCCCC(F)(C(F)(F)F)C(F)(F)F)OCCCC(F)(C(F)(F)F)C(F)(F)F. The van der Waals surface area contributed by atoms with Gasteiger partial charge in [0, 0.05) is 24.1 Å². The standard InChI is InChI=1S/C12H12ClF14O3P/c13-31(28,29-5-1-3-7(14,9(16,17)18)10(19,20)21)30-6-2-4-8(15,11(22,23)24)12(25,26)27/h1-6H2. The highest BCUT2D eigenvalue weighted by Gasteiger charge is 2.72. The van der Waals surface area contributed by atoms with Crippen LogP contribution in [0, 0.1) is 0 Å². The molecular formula is C12H12ClF14O3P. The Kier molecular flexibility index (Phi) is 9.58. The lowest BCUT2D eigenvalue weighted by molar-refractivity contribution is -0.344. The van der Waals surface area contributed by atoms with Crippen LogP contribution in [0.25, 0.3) is 0 Å². The maximum Gasteiger partial charge on any atom is 0.431 e. The van der Waals surface area contributed by atoms with Crippen LogP contribution in [0.3, 0.4) is 0 Å². The molecule has 31 heavy (non-hydrogen) atoms. The predicted octanol–water partition coefficient (Wildman–Crippen LogP) is 7.59. The molecule has 0 unspecified atom stereocenters. The van der Waals surface area contributed by atoms with E-state index >= 15 is 0 Å². The van der Waals surface area contributed by atoms with E-state index in [4.69, 9.17) is 11.2 Å². The number of hydrogen-bond acceptors (Lipinski definition) is 3. The Morgan fingerprint density at radius 3 is 0.968 bits per heavy atom. The summed E-state index contributed by atoms with van der Waals surface area (Å²) >= 11 is 5.03. The lowest BCUT2D eigenvalue weighted by atomic mass is 9.98. The maximum absolute atomic E-state index is 13.3. The van der Waals surface area contributed by atoms with Crippen LogP contribution in [0.5, 0.6) is 0 Å². The van der Waals surface area contributed by atoms with E-state index in [1.54, 1.807) is 0 Å². The Morgan fingerprint density at radius 1 is 0.548 bits per heavy atom. The Morgan fingerprint density at radius 2 is 0.774 bits per heavy atom. The topological polar surface area (TPSA) is 35.5 Å². The molecule has 3 nitrogen and oxygen atoms in total. The van der Waals surface area contributed by atoms with Crippen molar-refractivity contribution in [2.75, 3.05) is 13.2 Å². The van der Waals surface area contributed by atoms with Crippen molar-refractivity contribution < 1.29 is 75.1 Å². The Labute approximate surface area is 169 Å². The second kappa shape index (κ2) is 9.75. The van der Waals surface area contributed by atoms with Gasteiger partial charge >= 0.3 is 31.7 Å². The summed E-state index contributed by atoms with van der Waals surface area (Å²) in [5.41, 5.74) is -11.3. The molecular weight excluding hydrogens is 525 g/mol. The van der Waals surface area contributed by atoms with Gasteiger partial charge in [-0.3, -0.25) is 9.05 Å². The van der Waals surface area contributed by atoms with Crippen molar-refractivity contribution in [2.45, 2.75) is 61.7 Å². The summed E-state index contributed by atoms with van der Waals surface area (Å²) in [5, 5.41) is 0. The molecule has 0 bridgehead atoms. The molecule has 19 heteroatoms. The van der Waals surface area contributed by atoms with Gasteiger partial charge < -0.3 is 0 Å². The van der Waals surface area contributed by atoms with Crippen molar-refractivity contribution in [3.05, 3.63) is 0 Å². The average Bonchev–Trinajstić information content (AvgIpc) is 2.50. The van der Waals surface area contributed by atoms with Crippen molar-refractivity contribution in [1.29, 1.82) is 0 Å². The van der Waals surface area contributed by atoms with Gasteiger partial charge in [0.05, 0.1) is 13.2 Å². The van der Waals surface area contributed by atoms with E-state index in [9.17, 15) is 66.0 Å². The van der Waals surface area contributed by atoms with Gasteiger partial charge in [0.2, 0.25) is 0 Å². The minimum atomic E-state index is -6.36. The van der Waals surface area contributed by atoms with Crippen LogP contribution in [0.4, 0.5) is 61.5 Å². The summed E-state index contributed by atoms with van der Waals surface area (Å²) in [7, 11) is 0. The predicted molar refractivity (Wildman–Crippen MR) is 75.7 cm³/mol. The van der Waals surface area contributed by atoms with Crippen LogP contribution >= 0.6 is 18.2 Å².